The molecule has 2 atom stereocenters. The van der Waals surface area contributed by atoms with Crippen LogP contribution in [-0.4, -0.2) is 73.8 Å². The van der Waals surface area contributed by atoms with Crippen LogP contribution in [0.15, 0.2) is 48.5 Å². The monoisotopic (exact) mass is 520 g/mol. The lowest BCUT2D eigenvalue weighted by molar-refractivity contribution is 0.0733. The van der Waals surface area contributed by atoms with Crippen molar-refractivity contribution in [3.05, 3.63) is 59.7 Å². The summed E-state index contributed by atoms with van der Waals surface area (Å²) in [5, 5.41) is 0. The average molecular weight is 521 g/mol. The van der Waals surface area contributed by atoms with E-state index in [-0.39, 0.29) is 23.7 Å². The molecule has 0 saturated carbocycles. The fraction of sp³-hybridized carbons (Fsp3) is 0.562. The molecule has 2 aliphatic rings. The number of ketones is 2. The van der Waals surface area contributed by atoms with Crippen molar-refractivity contribution in [1.82, 2.24) is 9.80 Å². The van der Waals surface area contributed by atoms with Gasteiger partial charge in [-0.3, -0.25) is 19.4 Å². The molecule has 0 bridgehead atoms. The Morgan fingerprint density at radius 3 is 1.26 bits per heavy atom. The maximum absolute atomic E-state index is 13.6. The topological polar surface area (TPSA) is 59.1 Å². The molecule has 2 aliphatic heterocycles. The van der Waals surface area contributed by atoms with Crippen LogP contribution in [0.2, 0.25) is 0 Å². The number of likely N-dealkylation sites (tertiary alicyclic amines) is 2. The fourth-order valence-corrected chi connectivity index (χ4v) is 5.99. The molecule has 6 nitrogen and oxygen atoms in total. The number of carbonyl (C=O) groups excluding carboxylic acids is 2. The lowest BCUT2D eigenvalue weighted by Gasteiger charge is -2.35. The number of piperidine rings is 2. The standard InChI is InChI=1S/C32H44N2O4/c1-37-27-17-13-25(14-18-27)31(35)29(33-21-7-3-8-22-33)11-5-6-12-30(34-23-9-4-10-24-34)32(36)26-15-19-28(38-2)20-16-26/h13-20,29-30H,3-12,21-24H2,1-2H3/t29-,30-/m0/s1. The van der Waals surface area contributed by atoms with Crippen molar-refractivity contribution in [1.29, 1.82) is 0 Å². The van der Waals surface area contributed by atoms with E-state index in [2.05, 4.69) is 9.80 Å². The van der Waals surface area contributed by atoms with E-state index < -0.39 is 0 Å². The van der Waals surface area contributed by atoms with Crippen molar-refractivity contribution in [2.75, 3.05) is 40.4 Å². The van der Waals surface area contributed by atoms with Crippen molar-refractivity contribution >= 4 is 11.6 Å². The smallest absolute Gasteiger partial charge is 0.179 e. The predicted molar refractivity (Wildman–Crippen MR) is 152 cm³/mol. The fourth-order valence-electron chi connectivity index (χ4n) is 5.99. The predicted octanol–water partition coefficient (Wildman–Crippen LogP) is 6.04. The van der Waals surface area contributed by atoms with Crippen molar-refractivity contribution in [3.63, 3.8) is 0 Å². The molecule has 6 heteroatoms. The van der Waals surface area contributed by atoms with E-state index in [1.54, 1.807) is 14.2 Å². The molecule has 2 fully saturated rings. The molecule has 0 spiro atoms. The zero-order chi connectivity index (χ0) is 26.7. The minimum atomic E-state index is -0.102. The Morgan fingerprint density at radius 1 is 0.605 bits per heavy atom. The summed E-state index contributed by atoms with van der Waals surface area (Å²) in [6.45, 7) is 3.94. The van der Waals surface area contributed by atoms with Gasteiger partial charge < -0.3 is 9.47 Å². The summed E-state index contributed by atoms with van der Waals surface area (Å²) in [6, 6.07) is 14.8. The van der Waals surface area contributed by atoms with Crippen LogP contribution in [0.25, 0.3) is 0 Å². The molecule has 0 aliphatic carbocycles. The van der Waals surface area contributed by atoms with Gasteiger partial charge in [0.05, 0.1) is 26.3 Å². The first-order valence-electron chi connectivity index (χ1n) is 14.5. The van der Waals surface area contributed by atoms with Crippen molar-refractivity contribution in [3.8, 4) is 11.5 Å². The Labute approximate surface area is 228 Å². The summed E-state index contributed by atoms with van der Waals surface area (Å²) in [7, 11) is 3.29. The summed E-state index contributed by atoms with van der Waals surface area (Å²) in [5.74, 6) is 1.94. The van der Waals surface area contributed by atoms with Crippen molar-refractivity contribution in [2.24, 2.45) is 0 Å². The van der Waals surface area contributed by atoms with Gasteiger partial charge >= 0.3 is 0 Å². The van der Waals surface area contributed by atoms with Gasteiger partial charge in [0.15, 0.2) is 11.6 Å². The van der Waals surface area contributed by atoms with Crippen LogP contribution in [0.4, 0.5) is 0 Å². The Balaban J connectivity index is 1.41. The zero-order valence-electron chi connectivity index (χ0n) is 23.2. The van der Waals surface area contributed by atoms with Crippen LogP contribution < -0.4 is 9.47 Å². The largest absolute Gasteiger partial charge is 0.497 e. The Kier molecular flexibility index (Phi) is 10.8. The van der Waals surface area contributed by atoms with Gasteiger partial charge in [0.1, 0.15) is 11.5 Å². The third-order valence-electron chi connectivity index (χ3n) is 8.22. The zero-order valence-corrected chi connectivity index (χ0v) is 23.2. The average Bonchev–Trinajstić information content (AvgIpc) is 2.99. The van der Waals surface area contributed by atoms with Gasteiger partial charge in [0.25, 0.3) is 0 Å². The highest BCUT2D eigenvalue weighted by Crippen LogP contribution is 2.25. The number of ether oxygens (including phenoxy) is 2. The van der Waals surface area contributed by atoms with Gasteiger partial charge in [0.2, 0.25) is 0 Å². The Morgan fingerprint density at radius 2 is 0.947 bits per heavy atom. The van der Waals surface area contributed by atoms with E-state index in [1.807, 2.05) is 48.5 Å². The number of unbranched alkanes of at least 4 members (excludes halogenated alkanes) is 1. The second-order valence-corrected chi connectivity index (χ2v) is 10.7. The first-order valence-corrected chi connectivity index (χ1v) is 14.5. The van der Waals surface area contributed by atoms with Gasteiger partial charge in [0, 0.05) is 11.1 Å². The minimum absolute atomic E-state index is 0.102. The molecule has 4 rings (SSSR count). The second-order valence-electron chi connectivity index (χ2n) is 10.7. The number of nitrogens with zero attached hydrogens (tertiary/aromatic N) is 2. The van der Waals surface area contributed by atoms with Crippen LogP contribution in [-0.2, 0) is 0 Å². The number of hydrogen-bond acceptors (Lipinski definition) is 6. The minimum Gasteiger partial charge on any atom is -0.497 e. The van der Waals surface area contributed by atoms with E-state index in [0.717, 1.165) is 100 Å². The molecule has 2 aromatic rings. The van der Waals surface area contributed by atoms with Crippen LogP contribution in [0.5, 0.6) is 11.5 Å². The van der Waals surface area contributed by atoms with E-state index in [1.165, 1.54) is 12.8 Å². The molecule has 0 radical (unpaired) electrons. The Hall–Kier alpha value is -2.70. The molecule has 0 unspecified atom stereocenters. The highest BCUT2D eigenvalue weighted by molar-refractivity contribution is 6.00. The highest BCUT2D eigenvalue weighted by Gasteiger charge is 2.30. The first-order chi connectivity index (χ1) is 18.6. The quantitative estimate of drug-likeness (QED) is 0.237. The lowest BCUT2D eigenvalue weighted by Crippen LogP contribution is -2.45. The lowest BCUT2D eigenvalue weighted by atomic mass is 9.92. The van der Waals surface area contributed by atoms with Crippen molar-refractivity contribution < 1.29 is 19.1 Å². The molecule has 2 aromatic carbocycles. The molecule has 0 N–H and O–H groups in total. The van der Waals surface area contributed by atoms with E-state index >= 15 is 0 Å². The second kappa shape index (κ2) is 14.5. The number of methoxy groups -OCH3 is 2. The summed E-state index contributed by atoms with van der Waals surface area (Å²) >= 11 is 0. The van der Waals surface area contributed by atoms with Gasteiger partial charge in [-0.25, -0.2) is 0 Å². The first kappa shape index (κ1) is 28.3. The normalized spacial score (nSPS) is 18.5. The van der Waals surface area contributed by atoms with E-state index in [4.69, 9.17) is 9.47 Å². The number of hydrogen-bond donors (Lipinski definition) is 0. The molecule has 206 valence electrons. The van der Waals surface area contributed by atoms with Gasteiger partial charge in [-0.1, -0.05) is 25.7 Å². The van der Waals surface area contributed by atoms with E-state index in [0.29, 0.717) is 0 Å². The molecular formula is C32H44N2O4. The van der Waals surface area contributed by atoms with E-state index in [9.17, 15) is 9.59 Å². The molecular weight excluding hydrogens is 476 g/mol. The number of Topliss-reactive ketones (excluding diaryl/α,β-unsaturated/α-hetero) is 2. The summed E-state index contributed by atoms with van der Waals surface area (Å²) in [6.07, 6.45) is 10.6. The Bertz CT molecular complexity index is 925. The summed E-state index contributed by atoms with van der Waals surface area (Å²) < 4.78 is 10.6. The number of carbonyl (C=O) groups is 2. The third-order valence-corrected chi connectivity index (χ3v) is 8.22. The summed E-state index contributed by atoms with van der Waals surface area (Å²) in [4.78, 5) is 32.0. The maximum Gasteiger partial charge on any atom is 0.179 e. The molecule has 0 aromatic heterocycles. The van der Waals surface area contributed by atoms with Crippen LogP contribution >= 0.6 is 0 Å². The molecule has 2 saturated heterocycles. The van der Waals surface area contributed by atoms with Gasteiger partial charge in [-0.05, 0) is 113 Å². The highest BCUT2D eigenvalue weighted by atomic mass is 16.5. The molecule has 2 heterocycles. The molecule has 0 amide bonds. The number of benzene rings is 2. The van der Waals surface area contributed by atoms with Crippen LogP contribution in [0.1, 0.15) is 84.9 Å². The van der Waals surface area contributed by atoms with Crippen molar-refractivity contribution in [2.45, 2.75) is 76.3 Å². The van der Waals surface area contributed by atoms with Crippen LogP contribution in [0, 0.1) is 0 Å². The number of rotatable bonds is 13. The SMILES string of the molecule is COc1ccc(C(=O)[C@H](CCCC[C@@H](C(=O)c2ccc(OC)cc2)N2CCCCC2)N2CCCCC2)cc1. The third kappa shape index (κ3) is 7.45. The maximum atomic E-state index is 13.6. The van der Waals surface area contributed by atoms with Crippen LogP contribution in [0.3, 0.4) is 0 Å². The van der Waals surface area contributed by atoms with Gasteiger partial charge in [-0.15, -0.1) is 0 Å². The summed E-state index contributed by atoms with van der Waals surface area (Å²) in [5.41, 5.74) is 1.50. The van der Waals surface area contributed by atoms with Gasteiger partial charge in [-0.2, -0.15) is 0 Å². The molecule has 38 heavy (non-hydrogen) atoms.